The second-order valence-corrected chi connectivity index (χ2v) is 8.72. The molecule has 0 spiro atoms. The van der Waals surface area contributed by atoms with Gasteiger partial charge in [0.25, 0.3) is 0 Å². The van der Waals surface area contributed by atoms with E-state index >= 15 is 0 Å². The molecule has 0 fully saturated rings. The fourth-order valence-corrected chi connectivity index (χ4v) is 3.06. The van der Waals surface area contributed by atoms with E-state index < -0.39 is 6.09 Å². The number of hydrogen-bond donors (Lipinski definition) is 2. The minimum absolute atomic E-state index is 0. The summed E-state index contributed by atoms with van der Waals surface area (Å²) in [6.45, 7) is 6.42. The molecule has 0 aliphatic carbocycles. The first-order valence-corrected chi connectivity index (χ1v) is 12.4. The molecule has 1 unspecified atom stereocenters. The number of hydrogen-bond acceptors (Lipinski definition) is 7. The summed E-state index contributed by atoms with van der Waals surface area (Å²) in [5, 5.41) is 9.58. The molecular weight excluding hydrogens is 548 g/mol. The number of carbonyl (C=O) groups excluding carboxylic acids is 4. The van der Waals surface area contributed by atoms with Crippen molar-refractivity contribution in [2.24, 2.45) is 5.92 Å². The molecule has 0 aliphatic rings. The smallest absolute Gasteiger partial charge is 0.648 e. The Labute approximate surface area is 269 Å². The summed E-state index contributed by atoms with van der Waals surface area (Å²) in [4.78, 5) is 46.6. The molecule has 0 saturated carbocycles. The Morgan fingerprint density at radius 1 is 1.00 bits per heavy atom. The van der Waals surface area contributed by atoms with Crippen molar-refractivity contribution in [1.82, 2.24) is 10.6 Å². The molecule has 2 amide bonds. The van der Waals surface area contributed by atoms with Crippen LogP contribution in [0.15, 0.2) is 36.0 Å². The molecule has 0 heterocycles. The summed E-state index contributed by atoms with van der Waals surface area (Å²) in [5.41, 5.74) is 2.58. The van der Waals surface area contributed by atoms with E-state index in [-0.39, 0.29) is 108 Å². The number of allylic oxidation sites excluding steroid dienone is 2. The number of rotatable bonds is 18. The van der Waals surface area contributed by atoms with Crippen molar-refractivity contribution in [1.29, 1.82) is 0 Å². The van der Waals surface area contributed by atoms with Crippen LogP contribution in [0.25, 0.3) is 5.32 Å². The van der Waals surface area contributed by atoms with E-state index in [0.717, 1.165) is 36.1 Å². The molecular formula is C27H40N3O6Rb. The van der Waals surface area contributed by atoms with E-state index in [4.69, 9.17) is 9.47 Å². The monoisotopic (exact) mass is 587 g/mol. The molecule has 1 atom stereocenters. The van der Waals surface area contributed by atoms with Gasteiger partial charge in [0.2, 0.25) is 0 Å². The number of amides is 2. The van der Waals surface area contributed by atoms with Gasteiger partial charge in [-0.15, -0.1) is 6.54 Å². The zero-order valence-corrected chi connectivity index (χ0v) is 27.8. The first kappa shape index (κ1) is 35.6. The molecule has 0 aromatic heterocycles. The van der Waals surface area contributed by atoms with Crippen LogP contribution in [0.3, 0.4) is 0 Å². The van der Waals surface area contributed by atoms with Crippen LogP contribution in [0.2, 0.25) is 0 Å². The predicted molar refractivity (Wildman–Crippen MR) is 139 cm³/mol. The minimum Gasteiger partial charge on any atom is -0.648 e. The van der Waals surface area contributed by atoms with Crippen LogP contribution in [-0.2, 0) is 36.8 Å². The van der Waals surface area contributed by atoms with Gasteiger partial charge in [-0.05, 0) is 32.3 Å². The summed E-state index contributed by atoms with van der Waals surface area (Å²) in [7, 11) is 1.77. The van der Waals surface area contributed by atoms with Gasteiger partial charge in [0, 0.05) is 44.1 Å². The number of nitrogens with one attached hydrogen (secondary N) is 2. The molecule has 0 aliphatic heterocycles. The Morgan fingerprint density at radius 2 is 1.68 bits per heavy atom. The molecule has 0 radical (unpaired) electrons. The van der Waals surface area contributed by atoms with Crippen molar-refractivity contribution in [3.8, 4) is 0 Å². The van der Waals surface area contributed by atoms with E-state index in [1.165, 1.54) is 0 Å². The number of Topliss-reactive ketones (excluding diaryl/α,β-unsaturated/α-hetero) is 1. The number of carbonyl (C=O) groups is 4. The van der Waals surface area contributed by atoms with Gasteiger partial charge in [0.1, 0.15) is 5.78 Å². The maximum atomic E-state index is 12.0. The zero-order chi connectivity index (χ0) is 26.8. The summed E-state index contributed by atoms with van der Waals surface area (Å²) in [6, 6.07) is 7.42. The molecule has 1 aromatic rings. The number of alkyl carbamates (subject to hydrolysis) is 1. The Kier molecular flexibility index (Phi) is 20.7. The van der Waals surface area contributed by atoms with Crippen LogP contribution in [-0.4, -0.2) is 57.0 Å². The number of unbranched alkanes of at least 4 members (excludes halogenated alkanes) is 1. The number of benzene rings is 1. The van der Waals surface area contributed by atoms with Crippen LogP contribution in [0.4, 0.5) is 4.79 Å². The molecule has 1 rings (SSSR count). The molecule has 1 aromatic carbocycles. The fourth-order valence-electron chi connectivity index (χ4n) is 3.06. The van der Waals surface area contributed by atoms with Gasteiger partial charge in [-0.3, -0.25) is 9.59 Å². The maximum Gasteiger partial charge on any atom is 1.00 e. The molecule has 2 N–H and O–H groups in total. The number of nitrogens with zero attached hydrogens (tertiary/aromatic N) is 1. The van der Waals surface area contributed by atoms with E-state index in [1.807, 2.05) is 38.1 Å². The molecule has 0 saturated heterocycles. The van der Waals surface area contributed by atoms with Gasteiger partial charge in [0.05, 0.1) is 25.7 Å². The first-order valence-electron chi connectivity index (χ1n) is 12.4. The average molecular weight is 588 g/mol. The van der Waals surface area contributed by atoms with E-state index in [9.17, 15) is 19.2 Å². The van der Waals surface area contributed by atoms with Crippen LogP contribution in [0.5, 0.6) is 0 Å². The third kappa shape index (κ3) is 18.5. The second-order valence-electron chi connectivity index (χ2n) is 8.72. The maximum absolute atomic E-state index is 12.0. The third-order valence-electron chi connectivity index (χ3n) is 5.53. The molecule has 200 valence electrons. The third-order valence-corrected chi connectivity index (χ3v) is 5.53. The predicted octanol–water partition coefficient (Wildman–Crippen LogP) is 0.854. The van der Waals surface area contributed by atoms with Crippen molar-refractivity contribution < 1.29 is 86.8 Å². The van der Waals surface area contributed by atoms with Crippen molar-refractivity contribution in [2.45, 2.75) is 59.4 Å². The van der Waals surface area contributed by atoms with Crippen molar-refractivity contribution in [2.75, 3.05) is 33.4 Å². The fraction of sp³-hybridized carbons (Fsp3) is 0.556. The van der Waals surface area contributed by atoms with Gasteiger partial charge in [-0.25, -0.2) is 4.79 Å². The largest absolute Gasteiger partial charge is 1.00 e. The summed E-state index contributed by atoms with van der Waals surface area (Å²) >= 11 is 0. The Balaban J connectivity index is 0.0000130. The molecule has 0 bridgehead atoms. The first-order chi connectivity index (χ1) is 17.2. The number of ketones is 2. The van der Waals surface area contributed by atoms with Gasteiger partial charge in [-0.2, -0.15) is 0 Å². The summed E-state index contributed by atoms with van der Waals surface area (Å²) in [6.07, 6.45) is 4.36. The Morgan fingerprint density at radius 3 is 2.32 bits per heavy atom. The van der Waals surface area contributed by atoms with E-state index in [1.54, 1.807) is 20.0 Å². The van der Waals surface area contributed by atoms with Crippen molar-refractivity contribution in [3.63, 3.8) is 0 Å². The summed E-state index contributed by atoms with van der Waals surface area (Å²) in [5.74, 6) is -0.101. The van der Waals surface area contributed by atoms with E-state index in [0.29, 0.717) is 19.4 Å². The van der Waals surface area contributed by atoms with Crippen molar-refractivity contribution >= 4 is 23.6 Å². The van der Waals surface area contributed by atoms with Crippen molar-refractivity contribution in [3.05, 3.63) is 52.5 Å². The minimum atomic E-state index is -0.486. The second kappa shape index (κ2) is 21.5. The topological polar surface area (TPSA) is 125 Å². The SMILES string of the molecule is CN/C(C)=C\C(=O)Cc1ccc(C[N-]C(=O)COCCCOC(=O)NCCCCC(C)C(C)=O)cc1.[Rb+]. The molecule has 10 heteroatoms. The normalized spacial score (nSPS) is 11.6. The standard InChI is InChI=1S/C27H41N3O6.Rb/c1-20(22(3)31)8-5-6-13-29-27(34)36-15-7-14-35-19-26(33)30-18-24-11-9-23(10-12-24)17-25(32)16-21(2)28-4;/h9-12,16,20H,5-8,13-15,17-19H2,1-4H3,(H3,28,29,30,32,33,34);/q;+1/p-1. The molecule has 9 nitrogen and oxygen atoms in total. The van der Waals surface area contributed by atoms with Crippen LogP contribution < -0.4 is 68.8 Å². The van der Waals surface area contributed by atoms with Crippen LogP contribution in [0.1, 0.15) is 57.6 Å². The van der Waals surface area contributed by atoms with Gasteiger partial charge < -0.3 is 30.2 Å². The molecule has 37 heavy (non-hydrogen) atoms. The zero-order valence-electron chi connectivity index (χ0n) is 22.9. The van der Waals surface area contributed by atoms with Gasteiger partial charge in [-0.1, -0.05) is 43.2 Å². The Hall–Kier alpha value is -1.39. The van der Waals surface area contributed by atoms with Gasteiger partial charge >= 0.3 is 64.3 Å². The van der Waals surface area contributed by atoms with E-state index in [2.05, 4.69) is 16.0 Å². The van der Waals surface area contributed by atoms with Gasteiger partial charge in [0.15, 0.2) is 5.78 Å². The average Bonchev–Trinajstić information content (AvgIpc) is 2.85. The Bertz CT molecular complexity index is 873. The van der Waals surface area contributed by atoms with Crippen LogP contribution in [0, 0.1) is 5.92 Å². The summed E-state index contributed by atoms with van der Waals surface area (Å²) < 4.78 is 10.4. The quantitative estimate of drug-likeness (QED) is 0.193. The van der Waals surface area contributed by atoms with Crippen LogP contribution >= 0.6 is 0 Å². The number of ether oxygens (including phenoxy) is 2.